The Morgan fingerprint density at radius 1 is 1.18 bits per heavy atom. The van der Waals surface area contributed by atoms with Crippen molar-refractivity contribution in [2.45, 2.75) is 19.3 Å². The Morgan fingerprint density at radius 3 is 2.36 bits per heavy atom. The molecular weight excluding hydrogens is 306 g/mol. The number of amides is 2. The summed E-state index contributed by atoms with van der Waals surface area (Å²) in [5.41, 5.74) is 6.06. The number of ether oxygens (including phenoxy) is 1. The summed E-state index contributed by atoms with van der Waals surface area (Å²) < 4.78 is 5.35. The first kappa shape index (κ1) is 20.2. The first-order valence-electron chi connectivity index (χ1n) is 6.96. The predicted octanol–water partition coefficient (Wildman–Crippen LogP) is 1.64. The molecule has 0 aliphatic heterocycles. The van der Waals surface area contributed by atoms with Crippen molar-refractivity contribution in [3.8, 4) is 5.75 Å². The van der Waals surface area contributed by atoms with E-state index in [0.717, 1.165) is 5.75 Å². The molecule has 3 N–H and O–H groups in total. The molecule has 0 fully saturated rings. The highest BCUT2D eigenvalue weighted by atomic mass is 35.5. The van der Waals surface area contributed by atoms with E-state index in [9.17, 15) is 9.59 Å². The predicted molar refractivity (Wildman–Crippen MR) is 89.4 cm³/mol. The van der Waals surface area contributed by atoms with E-state index < -0.39 is 0 Å². The van der Waals surface area contributed by atoms with E-state index in [1.807, 2.05) is 0 Å². The summed E-state index contributed by atoms with van der Waals surface area (Å²) in [4.78, 5) is 24.6. The Balaban J connectivity index is 0.00000441. The lowest BCUT2D eigenvalue weighted by atomic mass is 10.2. The molecule has 0 radical (unpaired) electrons. The molecule has 124 valence electrons. The standard InChI is InChI=1S/C15H23N3O3.ClH/c1-18(2)15(20)5-3-4-14(19)17-12-6-8-13(9-7-12)21-11-10-16;/h6-9H,3-5,10-11,16H2,1-2H3,(H,17,19);1H. The zero-order valence-corrected chi connectivity index (χ0v) is 13.8. The van der Waals surface area contributed by atoms with Crippen molar-refractivity contribution in [3.63, 3.8) is 0 Å². The largest absolute Gasteiger partial charge is 0.492 e. The van der Waals surface area contributed by atoms with Gasteiger partial charge >= 0.3 is 0 Å². The van der Waals surface area contributed by atoms with E-state index >= 15 is 0 Å². The number of nitrogens with two attached hydrogens (primary N) is 1. The van der Waals surface area contributed by atoms with E-state index in [2.05, 4.69) is 5.32 Å². The quantitative estimate of drug-likeness (QED) is 0.759. The topological polar surface area (TPSA) is 84.7 Å². The highest BCUT2D eigenvalue weighted by molar-refractivity contribution is 5.91. The summed E-state index contributed by atoms with van der Waals surface area (Å²) in [5, 5.41) is 2.78. The van der Waals surface area contributed by atoms with Gasteiger partial charge in [0.2, 0.25) is 11.8 Å². The molecule has 0 aliphatic rings. The molecule has 0 heterocycles. The van der Waals surface area contributed by atoms with Gasteiger partial charge in [0.25, 0.3) is 0 Å². The fourth-order valence-electron chi connectivity index (χ4n) is 1.66. The lowest BCUT2D eigenvalue weighted by Gasteiger charge is -2.10. The van der Waals surface area contributed by atoms with Gasteiger partial charge in [-0.3, -0.25) is 9.59 Å². The molecule has 6 nitrogen and oxygen atoms in total. The molecular formula is C15H24ClN3O3. The van der Waals surface area contributed by atoms with Gasteiger partial charge in [-0.25, -0.2) is 0 Å². The molecule has 22 heavy (non-hydrogen) atoms. The van der Waals surface area contributed by atoms with Crippen LogP contribution in [0.2, 0.25) is 0 Å². The molecule has 1 aromatic rings. The normalized spacial score (nSPS) is 9.59. The fourth-order valence-corrected chi connectivity index (χ4v) is 1.66. The van der Waals surface area contributed by atoms with Crippen molar-refractivity contribution < 1.29 is 14.3 Å². The van der Waals surface area contributed by atoms with E-state index in [-0.39, 0.29) is 24.2 Å². The second-order valence-electron chi connectivity index (χ2n) is 4.85. The lowest BCUT2D eigenvalue weighted by Crippen LogP contribution is -2.21. The molecule has 0 aliphatic carbocycles. The smallest absolute Gasteiger partial charge is 0.224 e. The molecule has 0 atom stereocenters. The Kier molecular flexibility index (Phi) is 9.98. The maximum Gasteiger partial charge on any atom is 0.224 e. The first-order valence-corrected chi connectivity index (χ1v) is 6.96. The van der Waals surface area contributed by atoms with Crippen LogP contribution in [-0.4, -0.2) is 44.0 Å². The van der Waals surface area contributed by atoms with Gasteiger partial charge in [0.05, 0.1) is 0 Å². The van der Waals surface area contributed by atoms with E-state index in [1.54, 1.807) is 38.4 Å². The average Bonchev–Trinajstić information content (AvgIpc) is 2.46. The van der Waals surface area contributed by atoms with Crippen LogP contribution in [0.4, 0.5) is 5.69 Å². The molecule has 1 rings (SSSR count). The maximum absolute atomic E-state index is 11.7. The first-order chi connectivity index (χ1) is 10.0. The summed E-state index contributed by atoms with van der Waals surface area (Å²) in [5.74, 6) is 0.649. The molecule has 0 bridgehead atoms. The molecule has 0 spiro atoms. The van der Waals surface area contributed by atoms with Crippen molar-refractivity contribution in [2.24, 2.45) is 5.73 Å². The minimum atomic E-state index is -0.0998. The monoisotopic (exact) mass is 329 g/mol. The maximum atomic E-state index is 11.7. The summed E-state index contributed by atoms with van der Waals surface area (Å²) >= 11 is 0. The summed E-state index contributed by atoms with van der Waals surface area (Å²) in [6.07, 6.45) is 1.25. The second kappa shape index (κ2) is 10.9. The van der Waals surface area contributed by atoms with Crippen LogP contribution in [0.25, 0.3) is 0 Å². The molecule has 0 saturated carbocycles. The third-order valence-electron chi connectivity index (χ3n) is 2.82. The number of nitrogens with zero attached hydrogens (tertiary/aromatic N) is 1. The van der Waals surface area contributed by atoms with E-state index in [0.29, 0.717) is 38.1 Å². The number of hydrogen-bond donors (Lipinski definition) is 2. The molecule has 7 heteroatoms. The summed E-state index contributed by atoms with van der Waals surface area (Å²) in [6, 6.07) is 7.10. The van der Waals surface area contributed by atoms with Crippen LogP contribution in [-0.2, 0) is 9.59 Å². The van der Waals surface area contributed by atoms with Gasteiger partial charge in [-0.15, -0.1) is 12.4 Å². The van der Waals surface area contributed by atoms with Gasteiger partial charge in [0, 0.05) is 39.2 Å². The van der Waals surface area contributed by atoms with Gasteiger partial charge in [0.15, 0.2) is 0 Å². The van der Waals surface area contributed by atoms with Crippen molar-refractivity contribution in [1.82, 2.24) is 4.90 Å². The van der Waals surface area contributed by atoms with Gasteiger partial charge in [-0.1, -0.05) is 0 Å². The lowest BCUT2D eigenvalue weighted by molar-refractivity contribution is -0.128. The Bertz CT molecular complexity index is 464. The van der Waals surface area contributed by atoms with Gasteiger partial charge < -0.3 is 20.7 Å². The van der Waals surface area contributed by atoms with Crippen molar-refractivity contribution in [3.05, 3.63) is 24.3 Å². The SMILES string of the molecule is CN(C)C(=O)CCCC(=O)Nc1ccc(OCCN)cc1.Cl. The highest BCUT2D eigenvalue weighted by Crippen LogP contribution is 2.16. The van der Waals surface area contributed by atoms with Gasteiger partial charge in [-0.2, -0.15) is 0 Å². The number of carbonyl (C=O) groups excluding carboxylic acids is 2. The van der Waals surface area contributed by atoms with E-state index in [4.69, 9.17) is 10.5 Å². The average molecular weight is 330 g/mol. The zero-order valence-electron chi connectivity index (χ0n) is 13.0. The highest BCUT2D eigenvalue weighted by Gasteiger charge is 2.07. The van der Waals surface area contributed by atoms with Crippen LogP contribution in [0.3, 0.4) is 0 Å². The Morgan fingerprint density at radius 2 is 1.82 bits per heavy atom. The van der Waals surface area contributed by atoms with Crippen LogP contribution in [0.1, 0.15) is 19.3 Å². The van der Waals surface area contributed by atoms with Crippen LogP contribution in [0.5, 0.6) is 5.75 Å². The number of nitrogens with one attached hydrogen (secondary N) is 1. The van der Waals surface area contributed by atoms with Gasteiger partial charge in [0.1, 0.15) is 12.4 Å². The molecule has 2 amide bonds. The van der Waals surface area contributed by atoms with Gasteiger partial charge in [-0.05, 0) is 30.7 Å². The van der Waals surface area contributed by atoms with Crippen molar-refractivity contribution >= 4 is 29.9 Å². The van der Waals surface area contributed by atoms with Crippen molar-refractivity contribution in [2.75, 3.05) is 32.6 Å². The third-order valence-corrected chi connectivity index (χ3v) is 2.82. The molecule has 0 saturated heterocycles. The Hall–Kier alpha value is -1.79. The molecule has 0 aromatic heterocycles. The Labute approximate surface area is 137 Å². The second-order valence-corrected chi connectivity index (χ2v) is 4.85. The van der Waals surface area contributed by atoms with Crippen LogP contribution < -0.4 is 15.8 Å². The molecule has 1 aromatic carbocycles. The number of benzene rings is 1. The van der Waals surface area contributed by atoms with Crippen LogP contribution >= 0.6 is 12.4 Å². The summed E-state index contributed by atoms with van der Waals surface area (Å²) in [7, 11) is 3.41. The fraction of sp³-hybridized carbons (Fsp3) is 0.467. The minimum Gasteiger partial charge on any atom is -0.492 e. The van der Waals surface area contributed by atoms with Crippen molar-refractivity contribution in [1.29, 1.82) is 0 Å². The van der Waals surface area contributed by atoms with Crippen LogP contribution in [0, 0.1) is 0 Å². The number of rotatable bonds is 8. The number of anilines is 1. The number of hydrogen-bond acceptors (Lipinski definition) is 4. The third kappa shape index (κ3) is 7.85. The van der Waals surface area contributed by atoms with Crippen LogP contribution in [0.15, 0.2) is 24.3 Å². The number of halogens is 1. The van der Waals surface area contributed by atoms with E-state index in [1.165, 1.54) is 4.90 Å². The number of carbonyl (C=O) groups is 2. The minimum absolute atomic E-state index is 0. The molecule has 0 unspecified atom stereocenters. The summed E-state index contributed by atoms with van der Waals surface area (Å²) in [6.45, 7) is 0.926. The zero-order chi connectivity index (χ0) is 15.7.